The average molecular weight is 390 g/mol. The molecule has 0 amide bonds. The van der Waals surface area contributed by atoms with E-state index in [2.05, 4.69) is 35.8 Å². The quantitative estimate of drug-likeness (QED) is 0.643. The molecule has 2 unspecified atom stereocenters. The summed E-state index contributed by atoms with van der Waals surface area (Å²) >= 11 is 0. The van der Waals surface area contributed by atoms with Gasteiger partial charge in [-0.2, -0.15) is 5.26 Å². The predicted molar refractivity (Wildman–Crippen MR) is 108 cm³/mol. The van der Waals surface area contributed by atoms with Crippen molar-refractivity contribution in [3.05, 3.63) is 36.5 Å². The summed E-state index contributed by atoms with van der Waals surface area (Å²) in [6.07, 6.45) is 5.19. The molecule has 2 atom stereocenters. The first-order valence-electron chi connectivity index (χ1n) is 9.78. The molecule has 9 nitrogen and oxygen atoms in total. The third-order valence-electron chi connectivity index (χ3n) is 5.91. The van der Waals surface area contributed by atoms with Gasteiger partial charge in [0.25, 0.3) is 0 Å². The summed E-state index contributed by atoms with van der Waals surface area (Å²) in [7, 11) is 1.69. The van der Waals surface area contributed by atoms with Crippen LogP contribution in [-0.2, 0) is 11.3 Å². The van der Waals surface area contributed by atoms with Gasteiger partial charge in [-0.25, -0.2) is 19.9 Å². The van der Waals surface area contributed by atoms with E-state index in [1.807, 2.05) is 23.0 Å². The van der Waals surface area contributed by atoms with Crippen LogP contribution in [0.3, 0.4) is 0 Å². The molecule has 2 fully saturated rings. The third kappa shape index (κ3) is 3.06. The number of rotatable bonds is 5. The Balaban J connectivity index is 1.34. The van der Waals surface area contributed by atoms with Gasteiger partial charge in [0, 0.05) is 57.9 Å². The van der Waals surface area contributed by atoms with Crippen molar-refractivity contribution in [2.24, 2.45) is 11.8 Å². The topological polar surface area (TPSA) is 96.0 Å². The van der Waals surface area contributed by atoms with E-state index in [1.54, 1.807) is 19.6 Å². The Bertz CT molecular complexity index is 1060. The van der Waals surface area contributed by atoms with Crippen molar-refractivity contribution in [3.8, 4) is 6.07 Å². The van der Waals surface area contributed by atoms with Gasteiger partial charge in [-0.15, -0.1) is 0 Å². The summed E-state index contributed by atoms with van der Waals surface area (Å²) in [5.74, 6) is 2.74. The number of hydrogen-bond donors (Lipinski definition) is 0. The third-order valence-corrected chi connectivity index (χ3v) is 5.91. The van der Waals surface area contributed by atoms with Crippen LogP contribution in [0.25, 0.3) is 11.2 Å². The van der Waals surface area contributed by atoms with Crippen LogP contribution < -0.4 is 9.80 Å². The summed E-state index contributed by atoms with van der Waals surface area (Å²) in [6.45, 7) is 4.99. The molecule has 0 N–H and O–H groups in total. The summed E-state index contributed by atoms with van der Waals surface area (Å²) in [5.41, 5.74) is 2.33. The molecular formula is C20H22N8O. The number of nitrogens with zero attached hydrogens (tertiary/aromatic N) is 8. The van der Waals surface area contributed by atoms with Gasteiger partial charge in [-0.1, -0.05) is 0 Å². The molecule has 0 radical (unpaired) electrons. The van der Waals surface area contributed by atoms with Crippen LogP contribution in [0.5, 0.6) is 0 Å². The smallest absolute Gasteiger partial charge is 0.165 e. The maximum Gasteiger partial charge on any atom is 0.165 e. The van der Waals surface area contributed by atoms with Crippen molar-refractivity contribution in [1.29, 1.82) is 5.26 Å². The van der Waals surface area contributed by atoms with Crippen LogP contribution >= 0.6 is 0 Å². The van der Waals surface area contributed by atoms with E-state index in [-0.39, 0.29) is 0 Å². The molecule has 3 aromatic heterocycles. The number of fused-ring (bicyclic) bond motifs is 2. The molecule has 0 aromatic carbocycles. The number of aromatic nitrogens is 5. The highest BCUT2D eigenvalue weighted by atomic mass is 16.5. The van der Waals surface area contributed by atoms with E-state index in [1.165, 1.54) is 0 Å². The summed E-state index contributed by atoms with van der Waals surface area (Å²) < 4.78 is 7.18. The van der Waals surface area contributed by atoms with Gasteiger partial charge < -0.3 is 19.1 Å². The highest BCUT2D eigenvalue weighted by Crippen LogP contribution is 2.37. The lowest BCUT2D eigenvalue weighted by Gasteiger charge is -2.23. The van der Waals surface area contributed by atoms with Crippen molar-refractivity contribution < 1.29 is 4.74 Å². The zero-order valence-corrected chi connectivity index (χ0v) is 16.3. The predicted octanol–water partition coefficient (Wildman–Crippen LogP) is 1.31. The van der Waals surface area contributed by atoms with Gasteiger partial charge in [-0.3, -0.25) is 0 Å². The van der Waals surface area contributed by atoms with Gasteiger partial charge in [0.2, 0.25) is 0 Å². The Labute approximate surface area is 168 Å². The van der Waals surface area contributed by atoms with E-state index in [9.17, 15) is 5.26 Å². The van der Waals surface area contributed by atoms with Crippen molar-refractivity contribution in [2.75, 3.05) is 49.7 Å². The Morgan fingerprint density at radius 3 is 2.55 bits per heavy atom. The van der Waals surface area contributed by atoms with Crippen molar-refractivity contribution in [3.63, 3.8) is 0 Å². The molecule has 2 aliphatic heterocycles. The standard InChI is InChI=1S/C20H22N8O/c1-29-6-5-26-13-25-17-19(26)23-12-24-20(17)28-10-15-8-27(9-16(15)11-28)18-14(7-21)3-2-4-22-18/h2-4,12-13,15-16H,5-6,8-11H2,1H3. The molecule has 5 rings (SSSR count). The first-order chi connectivity index (χ1) is 14.3. The summed E-state index contributed by atoms with van der Waals surface area (Å²) in [4.78, 5) is 22.6. The Kier molecular flexibility index (Phi) is 4.48. The molecule has 2 saturated heterocycles. The molecular weight excluding hydrogens is 368 g/mol. The van der Waals surface area contributed by atoms with Crippen LogP contribution in [0, 0.1) is 23.2 Å². The Morgan fingerprint density at radius 1 is 1.07 bits per heavy atom. The van der Waals surface area contributed by atoms with Crippen molar-refractivity contribution in [2.45, 2.75) is 6.54 Å². The van der Waals surface area contributed by atoms with Crippen molar-refractivity contribution in [1.82, 2.24) is 24.5 Å². The van der Waals surface area contributed by atoms with Crippen LogP contribution in [0.15, 0.2) is 31.0 Å². The van der Waals surface area contributed by atoms with E-state index >= 15 is 0 Å². The molecule has 9 heteroatoms. The number of ether oxygens (including phenoxy) is 1. The molecule has 0 bridgehead atoms. The SMILES string of the molecule is COCCn1cnc2c(N3CC4CN(c5ncccc5C#N)CC4C3)ncnc21. The highest BCUT2D eigenvalue weighted by molar-refractivity contribution is 5.83. The molecule has 29 heavy (non-hydrogen) atoms. The van der Waals surface area contributed by atoms with Gasteiger partial charge in [0.15, 0.2) is 17.0 Å². The molecule has 5 heterocycles. The molecule has 2 aliphatic rings. The maximum absolute atomic E-state index is 9.37. The van der Waals surface area contributed by atoms with E-state index in [0.717, 1.165) is 55.5 Å². The van der Waals surface area contributed by atoms with Gasteiger partial charge >= 0.3 is 0 Å². The van der Waals surface area contributed by atoms with E-state index < -0.39 is 0 Å². The maximum atomic E-state index is 9.37. The van der Waals surface area contributed by atoms with Crippen LogP contribution in [-0.4, -0.2) is 64.4 Å². The lowest BCUT2D eigenvalue weighted by molar-refractivity contribution is 0.188. The van der Waals surface area contributed by atoms with Gasteiger partial charge in [0.1, 0.15) is 18.2 Å². The number of anilines is 2. The van der Waals surface area contributed by atoms with Crippen LogP contribution in [0.1, 0.15) is 5.56 Å². The fourth-order valence-electron chi connectivity index (χ4n) is 4.53. The second kappa shape index (κ2) is 7.29. The summed E-state index contributed by atoms with van der Waals surface area (Å²) in [5, 5.41) is 9.37. The monoisotopic (exact) mass is 390 g/mol. The lowest BCUT2D eigenvalue weighted by Crippen LogP contribution is -2.30. The Morgan fingerprint density at radius 2 is 1.83 bits per heavy atom. The lowest BCUT2D eigenvalue weighted by atomic mass is 10.0. The fraction of sp³-hybridized carbons (Fsp3) is 0.450. The number of imidazole rings is 1. The van der Waals surface area contributed by atoms with Gasteiger partial charge in [0.05, 0.1) is 18.5 Å². The number of nitriles is 1. The molecule has 0 saturated carbocycles. The van der Waals surface area contributed by atoms with Crippen LogP contribution in [0.2, 0.25) is 0 Å². The second-order valence-electron chi connectivity index (χ2n) is 7.62. The first kappa shape index (κ1) is 17.8. The zero-order valence-electron chi connectivity index (χ0n) is 16.3. The molecule has 148 valence electrons. The minimum atomic E-state index is 0.518. The first-order valence-corrected chi connectivity index (χ1v) is 9.78. The van der Waals surface area contributed by atoms with E-state index in [0.29, 0.717) is 24.0 Å². The minimum absolute atomic E-state index is 0.518. The van der Waals surface area contributed by atoms with E-state index in [4.69, 9.17) is 4.74 Å². The fourth-order valence-corrected chi connectivity index (χ4v) is 4.53. The zero-order chi connectivity index (χ0) is 19.8. The number of pyridine rings is 1. The van der Waals surface area contributed by atoms with Crippen LogP contribution in [0.4, 0.5) is 11.6 Å². The normalized spacial score (nSPS) is 21.0. The number of methoxy groups -OCH3 is 1. The van der Waals surface area contributed by atoms with Crippen molar-refractivity contribution >= 4 is 22.8 Å². The Hall–Kier alpha value is -3.25. The molecule has 3 aromatic rings. The molecule has 0 aliphatic carbocycles. The largest absolute Gasteiger partial charge is 0.383 e. The molecule has 0 spiro atoms. The summed E-state index contributed by atoms with van der Waals surface area (Å²) in [6, 6.07) is 5.90. The van der Waals surface area contributed by atoms with Gasteiger partial charge in [-0.05, 0) is 12.1 Å². The number of hydrogen-bond acceptors (Lipinski definition) is 8. The highest BCUT2D eigenvalue weighted by Gasteiger charge is 2.42. The average Bonchev–Trinajstić information content (AvgIpc) is 3.45. The second-order valence-corrected chi connectivity index (χ2v) is 7.62. The minimum Gasteiger partial charge on any atom is -0.383 e.